The fourth-order valence-electron chi connectivity index (χ4n) is 1.49. The van der Waals surface area contributed by atoms with Gasteiger partial charge in [-0.25, -0.2) is 17.5 Å². The molecule has 0 aromatic heterocycles. The van der Waals surface area contributed by atoms with Gasteiger partial charge in [0.2, 0.25) is 10.0 Å². The first-order valence-corrected chi connectivity index (χ1v) is 8.31. The van der Waals surface area contributed by atoms with Crippen molar-refractivity contribution < 1.29 is 17.9 Å². The lowest BCUT2D eigenvalue weighted by Crippen LogP contribution is -2.22. The zero-order valence-electron chi connectivity index (χ0n) is 12.8. The minimum atomic E-state index is -3.72. The van der Waals surface area contributed by atoms with Crippen LogP contribution in [0.3, 0.4) is 0 Å². The summed E-state index contributed by atoms with van der Waals surface area (Å²) in [5.74, 6) is -0.766. The predicted molar refractivity (Wildman–Crippen MR) is 86.3 cm³/mol. The Morgan fingerprint density at radius 2 is 2.13 bits per heavy atom. The second-order valence-corrected chi connectivity index (χ2v) is 6.99. The molecule has 0 radical (unpaired) electrons. The van der Waals surface area contributed by atoms with Gasteiger partial charge in [0.1, 0.15) is 11.0 Å². The van der Waals surface area contributed by atoms with Crippen molar-refractivity contribution in [2.24, 2.45) is 0 Å². The van der Waals surface area contributed by atoms with Crippen LogP contribution in [0.4, 0.5) is 5.69 Å². The van der Waals surface area contributed by atoms with E-state index in [0.29, 0.717) is 5.69 Å². The number of hydrogen-bond donors (Lipinski definition) is 1. The Labute approximate surface area is 140 Å². The van der Waals surface area contributed by atoms with Gasteiger partial charge in [-0.3, -0.25) is 0 Å². The first kappa shape index (κ1) is 19.0. The molecule has 0 aliphatic carbocycles. The molecule has 0 bridgehead atoms. The van der Waals surface area contributed by atoms with Crippen LogP contribution in [0.15, 0.2) is 34.9 Å². The number of carbonyl (C=O) groups is 1. The van der Waals surface area contributed by atoms with Crippen molar-refractivity contribution in [3.63, 3.8) is 0 Å². The largest absolute Gasteiger partial charge is 0.462 e. The Balaban J connectivity index is 3.13. The highest BCUT2D eigenvalue weighted by atomic mass is 35.5. The van der Waals surface area contributed by atoms with Crippen molar-refractivity contribution in [3.8, 4) is 6.07 Å². The number of halogens is 1. The molecule has 9 heteroatoms. The van der Waals surface area contributed by atoms with Crippen LogP contribution in [-0.4, -0.2) is 39.4 Å². The number of benzene rings is 1. The molecule has 0 fully saturated rings. The number of hydrogen-bond acceptors (Lipinski definition) is 6. The van der Waals surface area contributed by atoms with Crippen molar-refractivity contribution >= 4 is 33.3 Å². The fraction of sp³-hybridized carbons (Fsp3) is 0.286. The van der Waals surface area contributed by atoms with E-state index in [4.69, 9.17) is 21.6 Å². The third-order valence-corrected chi connectivity index (χ3v) is 4.99. The highest BCUT2D eigenvalue weighted by Crippen LogP contribution is 2.26. The molecule has 1 N–H and O–H groups in total. The van der Waals surface area contributed by atoms with E-state index in [0.717, 1.165) is 10.5 Å². The van der Waals surface area contributed by atoms with E-state index in [1.807, 2.05) is 0 Å². The van der Waals surface area contributed by atoms with Crippen LogP contribution in [-0.2, 0) is 19.6 Å². The van der Waals surface area contributed by atoms with Crippen molar-refractivity contribution in [1.29, 1.82) is 5.26 Å². The second-order valence-electron chi connectivity index (χ2n) is 4.47. The van der Waals surface area contributed by atoms with E-state index in [1.165, 1.54) is 32.3 Å². The highest BCUT2D eigenvalue weighted by molar-refractivity contribution is 7.89. The Kier molecular flexibility index (Phi) is 6.57. The Bertz CT molecular complexity index is 767. The summed E-state index contributed by atoms with van der Waals surface area (Å²) in [4.78, 5) is 11.4. The third-order valence-electron chi connectivity index (χ3n) is 2.69. The normalized spacial score (nSPS) is 11.9. The molecule has 1 rings (SSSR count). The van der Waals surface area contributed by atoms with Gasteiger partial charge in [0.15, 0.2) is 5.57 Å². The smallest absolute Gasteiger partial charge is 0.350 e. The second kappa shape index (κ2) is 7.97. The minimum absolute atomic E-state index is 0.0686. The summed E-state index contributed by atoms with van der Waals surface area (Å²) in [7, 11) is -0.937. The van der Waals surface area contributed by atoms with Crippen LogP contribution in [0.25, 0.3) is 0 Å². The summed E-state index contributed by atoms with van der Waals surface area (Å²) in [5, 5.41) is 11.7. The van der Waals surface area contributed by atoms with E-state index in [9.17, 15) is 13.2 Å². The summed E-state index contributed by atoms with van der Waals surface area (Å²) in [6.45, 7) is 1.77. The molecule has 0 saturated carbocycles. The molecule has 0 atom stereocenters. The molecule has 0 heterocycles. The van der Waals surface area contributed by atoms with Crippen molar-refractivity contribution in [1.82, 2.24) is 4.31 Å². The Morgan fingerprint density at radius 3 is 2.65 bits per heavy atom. The average Bonchev–Trinajstić information content (AvgIpc) is 2.49. The standard InChI is InChI=1S/C14H16ClN3O4S/c1-4-22-14(19)10(8-16)9-17-11-5-6-12(15)13(7-11)23(20,21)18(2)3/h5-7,9,17H,4H2,1-3H3/b10-9+. The molecule has 0 amide bonds. The minimum Gasteiger partial charge on any atom is -0.462 e. The molecular formula is C14H16ClN3O4S. The summed E-state index contributed by atoms with van der Waals surface area (Å²) < 4.78 is 30.1. The van der Waals surface area contributed by atoms with Gasteiger partial charge in [0.25, 0.3) is 0 Å². The summed E-state index contributed by atoms with van der Waals surface area (Å²) in [6, 6.07) is 5.95. The number of nitrogens with zero attached hydrogens (tertiary/aromatic N) is 2. The van der Waals surface area contributed by atoms with Gasteiger partial charge >= 0.3 is 5.97 Å². The fourth-order valence-corrected chi connectivity index (χ4v) is 2.88. The van der Waals surface area contributed by atoms with E-state index < -0.39 is 16.0 Å². The molecule has 124 valence electrons. The van der Waals surface area contributed by atoms with Crippen LogP contribution in [0, 0.1) is 11.3 Å². The van der Waals surface area contributed by atoms with Gasteiger partial charge in [-0.15, -0.1) is 0 Å². The number of rotatable bonds is 6. The number of nitrogens with one attached hydrogen (secondary N) is 1. The molecule has 0 saturated heterocycles. The van der Waals surface area contributed by atoms with E-state index in [1.54, 1.807) is 13.0 Å². The van der Waals surface area contributed by atoms with Gasteiger partial charge in [-0.1, -0.05) is 11.6 Å². The Morgan fingerprint density at radius 1 is 1.48 bits per heavy atom. The number of sulfonamides is 1. The number of anilines is 1. The SMILES string of the molecule is CCOC(=O)/C(C#N)=C/Nc1ccc(Cl)c(S(=O)(=O)N(C)C)c1. The van der Waals surface area contributed by atoms with Gasteiger partial charge in [0.05, 0.1) is 11.6 Å². The highest BCUT2D eigenvalue weighted by Gasteiger charge is 2.21. The molecule has 0 aliphatic rings. The summed E-state index contributed by atoms with van der Waals surface area (Å²) in [6.07, 6.45) is 1.15. The number of esters is 1. The first-order valence-electron chi connectivity index (χ1n) is 6.50. The molecule has 0 unspecified atom stereocenters. The lowest BCUT2D eigenvalue weighted by molar-refractivity contribution is -0.138. The number of carbonyl (C=O) groups excluding carboxylic acids is 1. The molecule has 1 aromatic carbocycles. The zero-order valence-corrected chi connectivity index (χ0v) is 14.4. The monoisotopic (exact) mass is 357 g/mol. The molecule has 0 aliphatic heterocycles. The van der Waals surface area contributed by atoms with Crippen molar-refractivity contribution in [3.05, 3.63) is 35.0 Å². The maximum atomic E-state index is 12.2. The Hall–Kier alpha value is -2.08. The quantitative estimate of drug-likeness (QED) is 0.474. The van der Waals surface area contributed by atoms with Crippen LogP contribution in [0.5, 0.6) is 0 Å². The summed E-state index contributed by atoms with van der Waals surface area (Å²) >= 11 is 5.93. The molecular weight excluding hydrogens is 342 g/mol. The average molecular weight is 358 g/mol. The van der Waals surface area contributed by atoms with Gasteiger partial charge in [0, 0.05) is 26.0 Å². The van der Waals surface area contributed by atoms with Crippen molar-refractivity contribution in [2.75, 3.05) is 26.0 Å². The van der Waals surface area contributed by atoms with E-state index in [-0.39, 0.29) is 22.1 Å². The van der Waals surface area contributed by atoms with Crippen LogP contribution in [0.1, 0.15) is 6.92 Å². The van der Waals surface area contributed by atoms with Crippen LogP contribution < -0.4 is 5.32 Å². The maximum absolute atomic E-state index is 12.2. The first-order chi connectivity index (χ1) is 10.7. The lowest BCUT2D eigenvalue weighted by Gasteiger charge is -2.13. The predicted octanol–water partition coefficient (Wildman–Crippen LogP) is 1.97. The maximum Gasteiger partial charge on any atom is 0.350 e. The van der Waals surface area contributed by atoms with Crippen LogP contribution >= 0.6 is 11.6 Å². The third kappa shape index (κ3) is 4.69. The van der Waals surface area contributed by atoms with Gasteiger partial charge in [-0.05, 0) is 25.1 Å². The molecule has 0 spiro atoms. The van der Waals surface area contributed by atoms with Crippen LogP contribution in [0.2, 0.25) is 5.02 Å². The topological polar surface area (TPSA) is 99.5 Å². The molecule has 7 nitrogen and oxygen atoms in total. The molecule has 23 heavy (non-hydrogen) atoms. The van der Waals surface area contributed by atoms with Gasteiger partial charge in [-0.2, -0.15) is 5.26 Å². The lowest BCUT2D eigenvalue weighted by atomic mass is 10.3. The van der Waals surface area contributed by atoms with E-state index >= 15 is 0 Å². The zero-order chi connectivity index (χ0) is 17.6. The number of ether oxygens (including phenoxy) is 1. The summed E-state index contributed by atoms with van der Waals surface area (Å²) in [5.41, 5.74) is 0.116. The molecule has 1 aromatic rings. The van der Waals surface area contributed by atoms with Gasteiger partial charge < -0.3 is 10.1 Å². The van der Waals surface area contributed by atoms with Crippen molar-refractivity contribution in [2.45, 2.75) is 11.8 Å². The van der Waals surface area contributed by atoms with E-state index in [2.05, 4.69) is 5.32 Å². The number of nitriles is 1.